The lowest BCUT2D eigenvalue weighted by molar-refractivity contribution is -0.138. The number of nitrogens with zero attached hydrogens (tertiary/aromatic N) is 3. The average Bonchev–Trinajstić information content (AvgIpc) is 3.36. The number of benzene rings is 1. The first-order valence-corrected chi connectivity index (χ1v) is 13.3. The highest BCUT2D eigenvalue weighted by molar-refractivity contribution is 7.89. The monoisotopic (exact) mass is 478 g/mol. The molecule has 3 saturated heterocycles. The summed E-state index contributed by atoms with van der Waals surface area (Å²) in [4.78, 5) is 31.9. The second-order valence-electron chi connectivity index (χ2n) is 9.21. The van der Waals surface area contributed by atoms with Crippen molar-refractivity contribution >= 4 is 21.8 Å². The standard InChI is InChI=1S/C23H34N4O5S/c1-25-11-13-27(14-12-25)22(28)18-7-9-26(10-8-18)23(29)19-4-2-6-21(16-19)33(30,31)24-17-20-5-3-15-32-20/h2,4,6,16,18,20,24H,3,5,7-15,17H2,1H3. The Kier molecular flexibility index (Phi) is 7.68. The third-order valence-corrected chi connectivity index (χ3v) is 8.28. The topological polar surface area (TPSA) is 99.3 Å². The van der Waals surface area contributed by atoms with Gasteiger partial charge in [-0.3, -0.25) is 9.59 Å². The fraction of sp³-hybridized carbons (Fsp3) is 0.652. The average molecular weight is 479 g/mol. The number of hydrogen-bond donors (Lipinski definition) is 1. The van der Waals surface area contributed by atoms with E-state index in [0.717, 1.165) is 39.0 Å². The van der Waals surface area contributed by atoms with Crippen LogP contribution in [-0.2, 0) is 19.6 Å². The van der Waals surface area contributed by atoms with Crippen molar-refractivity contribution in [1.82, 2.24) is 19.4 Å². The van der Waals surface area contributed by atoms with Crippen LogP contribution in [0.2, 0.25) is 0 Å². The Bertz CT molecular complexity index is 947. The van der Waals surface area contributed by atoms with Gasteiger partial charge in [0, 0.05) is 63.9 Å². The quantitative estimate of drug-likeness (QED) is 0.649. The molecule has 4 rings (SSSR count). The Morgan fingerprint density at radius 1 is 1.03 bits per heavy atom. The number of sulfonamides is 1. The molecule has 3 aliphatic rings. The lowest BCUT2D eigenvalue weighted by Crippen LogP contribution is -2.51. The molecule has 1 N–H and O–H groups in total. The van der Waals surface area contributed by atoms with Crippen molar-refractivity contribution in [3.05, 3.63) is 29.8 Å². The Morgan fingerprint density at radius 3 is 2.42 bits per heavy atom. The normalized spacial score (nSPS) is 23.1. The molecular formula is C23H34N4O5S. The first-order valence-electron chi connectivity index (χ1n) is 11.8. The van der Waals surface area contributed by atoms with E-state index < -0.39 is 10.0 Å². The van der Waals surface area contributed by atoms with Crippen LogP contribution in [0.25, 0.3) is 0 Å². The van der Waals surface area contributed by atoms with Gasteiger partial charge in [0.25, 0.3) is 5.91 Å². The largest absolute Gasteiger partial charge is 0.377 e. The lowest BCUT2D eigenvalue weighted by Gasteiger charge is -2.37. The first-order chi connectivity index (χ1) is 15.8. The van der Waals surface area contributed by atoms with E-state index in [-0.39, 0.29) is 35.3 Å². The van der Waals surface area contributed by atoms with Gasteiger partial charge in [-0.2, -0.15) is 0 Å². The van der Waals surface area contributed by atoms with E-state index in [0.29, 0.717) is 38.1 Å². The van der Waals surface area contributed by atoms with E-state index >= 15 is 0 Å². The van der Waals surface area contributed by atoms with E-state index in [9.17, 15) is 18.0 Å². The number of likely N-dealkylation sites (tertiary alicyclic amines) is 1. The second kappa shape index (κ2) is 10.5. The summed E-state index contributed by atoms with van der Waals surface area (Å²) in [5.41, 5.74) is 0.346. The van der Waals surface area contributed by atoms with Crippen molar-refractivity contribution in [3.63, 3.8) is 0 Å². The molecule has 1 atom stereocenters. The van der Waals surface area contributed by atoms with Crippen LogP contribution >= 0.6 is 0 Å². The van der Waals surface area contributed by atoms with E-state index in [1.165, 1.54) is 12.1 Å². The van der Waals surface area contributed by atoms with Gasteiger partial charge >= 0.3 is 0 Å². The molecule has 0 bridgehead atoms. The third-order valence-electron chi connectivity index (χ3n) is 6.86. The predicted molar refractivity (Wildman–Crippen MR) is 123 cm³/mol. The van der Waals surface area contributed by atoms with Gasteiger partial charge in [-0.15, -0.1) is 0 Å². The second-order valence-corrected chi connectivity index (χ2v) is 11.0. The number of hydrogen-bond acceptors (Lipinski definition) is 6. The highest BCUT2D eigenvalue weighted by Gasteiger charge is 2.32. The number of ether oxygens (including phenoxy) is 1. The van der Waals surface area contributed by atoms with Crippen LogP contribution in [0.15, 0.2) is 29.2 Å². The zero-order chi connectivity index (χ0) is 23.4. The van der Waals surface area contributed by atoms with Crippen molar-refractivity contribution in [1.29, 1.82) is 0 Å². The number of nitrogens with one attached hydrogen (secondary N) is 1. The summed E-state index contributed by atoms with van der Waals surface area (Å²) in [6.45, 7) is 5.20. The Hall–Kier alpha value is -2.01. The summed E-state index contributed by atoms with van der Waals surface area (Å²) in [5.74, 6) is -0.0524. The smallest absolute Gasteiger partial charge is 0.253 e. The first kappa shape index (κ1) is 24.1. The molecule has 2 amide bonds. The SMILES string of the molecule is CN1CCN(C(=O)C2CCN(C(=O)c3cccc(S(=O)(=O)NCC4CCCO4)c3)CC2)CC1. The summed E-state index contributed by atoms with van der Waals surface area (Å²) in [5, 5.41) is 0. The van der Waals surface area contributed by atoms with Gasteiger partial charge in [-0.25, -0.2) is 13.1 Å². The highest BCUT2D eigenvalue weighted by atomic mass is 32.2. The number of piperazine rings is 1. The van der Waals surface area contributed by atoms with Crippen molar-refractivity contribution in [2.45, 2.75) is 36.7 Å². The fourth-order valence-corrected chi connectivity index (χ4v) is 5.80. The molecule has 1 aromatic carbocycles. The Morgan fingerprint density at radius 2 is 1.76 bits per heavy atom. The molecule has 33 heavy (non-hydrogen) atoms. The summed E-state index contributed by atoms with van der Waals surface area (Å²) in [6, 6.07) is 6.16. The zero-order valence-corrected chi connectivity index (χ0v) is 20.1. The van der Waals surface area contributed by atoms with Crippen LogP contribution in [-0.4, -0.2) is 101 Å². The molecule has 9 nitrogen and oxygen atoms in total. The summed E-state index contributed by atoms with van der Waals surface area (Å²) in [7, 11) is -1.66. The van der Waals surface area contributed by atoms with Crippen LogP contribution in [0.3, 0.4) is 0 Å². The minimum atomic E-state index is -3.73. The van der Waals surface area contributed by atoms with Gasteiger partial charge in [0.1, 0.15) is 0 Å². The predicted octanol–water partition coefficient (Wildman–Crippen LogP) is 0.770. The molecule has 0 spiro atoms. The van der Waals surface area contributed by atoms with E-state index in [1.807, 2.05) is 4.90 Å². The van der Waals surface area contributed by atoms with E-state index in [1.54, 1.807) is 17.0 Å². The van der Waals surface area contributed by atoms with Gasteiger partial charge in [0.05, 0.1) is 11.0 Å². The summed E-state index contributed by atoms with van der Waals surface area (Å²) >= 11 is 0. The molecule has 1 aromatic rings. The molecule has 1 unspecified atom stereocenters. The maximum Gasteiger partial charge on any atom is 0.253 e. The molecule has 182 valence electrons. The molecule has 0 aliphatic carbocycles. The molecule has 10 heteroatoms. The maximum absolute atomic E-state index is 13.1. The van der Waals surface area contributed by atoms with Crippen LogP contribution < -0.4 is 4.72 Å². The zero-order valence-electron chi connectivity index (χ0n) is 19.2. The molecule has 3 fully saturated rings. The highest BCUT2D eigenvalue weighted by Crippen LogP contribution is 2.23. The van der Waals surface area contributed by atoms with Crippen molar-refractivity contribution in [2.24, 2.45) is 5.92 Å². The van der Waals surface area contributed by atoms with Crippen LogP contribution in [0.4, 0.5) is 0 Å². The summed E-state index contributed by atoms with van der Waals surface area (Å²) in [6.07, 6.45) is 2.96. The third kappa shape index (κ3) is 5.92. The molecule has 0 radical (unpaired) electrons. The van der Waals surface area contributed by atoms with Crippen molar-refractivity contribution < 1.29 is 22.7 Å². The van der Waals surface area contributed by atoms with Crippen LogP contribution in [0.5, 0.6) is 0 Å². The van der Waals surface area contributed by atoms with Crippen molar-refractivity contribution in [3.8, 4) is 0 Å². The van der Waals surface area contributed by atoms with E-state index in [4.69, 9.17) is 4.74 Å². The number of rotatable bonds is 6. The maximum atomic E-state index is 13.1. The Balaban J connectivity index is 1.32. The number of carbonyl (C=O) groups is 2. The van der Waals surface area contributed by atoms with Crippen LogP contribution in [0.1, 0.15) is 36.0 Å². The molecule has 0 saturated carbocycles. The molecular weight excluding hydrogens is 444 g/mol. The van der Waals surface area contributed by atoms with Crippen LogP contribution in [0, 0.1) is 5.92 Å². The molecule has 3 heterocycles. The van der Waals surface area contributed by atoms with Gasteiger partial charge in [0.15, 0.2) is 0 Å². The number of carbonyl (C=O) groups excluding carboxylic acids is 2. The molecule has 3 aliphatic heterocycles. The fourth-order valence-electron chi connectivity index (χ4n) is 4.68. The number of likely N-dealkylation sites (N-methyl/N-ethyl adjacent to an activating group) is 1. The minimum absolute atomic E-state index is 0.0498. The minimum Gasteiger partial charge on any atom is -0.377 e. The van der Waals surface area contributed by atoms with Crippen molar-refractivity contribution in [2.75, 3.05) is 59.5 Å². The van der Waals surface area contributed by atoms with E-state index in [2.05, 4.69) is 16.7 Å². The van der Waals surface area contributed by atoms with Gasteiger partial charge in [-0.05, 0) is 50.9 Å². The summed E-state index contributed by atoms with van der Waals surface area (Å²) < 4.78 is 33.5. The number of amides is 2. The number of piperidine rings is 1. The lowest BCUT2D eigenvalue weighted by atomic mass is 9.94. The molecule has 0 aromatic heterocycles. The Labute approximate surface area is 196 Å². The van der Waals surface area contributed by atoms with Gasteiger partial charge in [0.2, 0.25) is 15.9 Å². The van der Waals surface area contributed by atoms with Gasteiger partial charge < -0.3 is 19.4 Å². The van der Waals surface area contributed by atoms with Gasteiger partial charge in [-0.1, -0.05) is 6.07 Å².